The van der Waals surface area contributed by atoms with Gasteiger partial charge in [-0.3, -0.25) is 4.90 Å². The molecule has 19 heavy (non-hydrogen) atoms. The van der Waals surface area contributed by atoms with Crippen molar-refractivity contribution in [2.75, 3.05) is 19.6 Å². The van der Waals surface area contributed by atoms with Gasteiger partial charge in [-0.1, -0.05) is 52.9 Å². The molecule has 114 valence electrons. The molecule has 1 rings (SSSR count). The maximum Gasteiger partial charge on any atom is 0.0252 e. The van der Waals surface area contributed by atoms with Crippen LogP contribution in [0.5, 0.6) is 0 Å². The maximum absolute atomic E-state index is 3.70. The van der Waals surface area contributed by atoms with Gasteiger partial charge in [0.2, 0.25) is 0 Å². The van der Waals surface area contributed by atoms with Crippen molar-refractivity contribution in [3.8, 4) is 0 Å². The summed E-state index contributed by atoms with van der Waals surface area (Å²) < 4.78 is 0. The summed E-state index contributed by atoms with van der Waals surface area (Å²) in [5, 5.41) is 3.70. The molecule has 1 aliphatic heterocycles. The zero-order chi connectivity index (χ0) is 14.3. The normalized spacial score (nSPS) is 24.0. The smallest absolute Gasteiger partial charge is 0.0252 e. The predicted octanol–water partition coefficient (Wildman–Crippen LogP) is 4.06. The SMILES string of the molecule is CCCCCCCCN1CC(C)(C)NCC1C(C)C. The van der Waals surface area contributed by atoms with Gasteiger partial charge in [0, 0.05) is 24.7 Å². The van der Waals surface area contributed by atoms with Crippen molar-refractivity contribution in [1.82, 2.24) is 10.2 Å². The lowest BCUT2D eigenvalue weighted by atomic mass is 9.93. The molecular weight excluding hydrogens is 232 g/mol. The van der Waals surface area contributed by atoms with Crippen LogP contribution in [-0.4, -0.2) is 36.1 Å². The standard InChI is InChI=1S/C17H36N2/c1-6-7-8-9-10-11-12-19-14-17(4,5)18-13-16(19)15(2)3/h15-16,18H,6-14H2,1-5H3. The fraction of sp³-hybridized carbons (Fsp3) is 1.00. The number of piperazine rings is 1. The molecule has 0 spiro atoms. The van der Waals surface area contributed by atoms with E-state index in [1.54, 1.807) is 0 Å². The molecule has 0 saturated carbocycles. The molecule has 0 bridgehead atoms. The summed E-state index contributed by atoms with van der Waals surface area (Å²) >= 11 is 0. The van der Waals surface area contributed by atoms with E-state index in [9.17, 15) is 0 Å². The highest BCUT2D eigenvalue weighted by atomic mass is 15.2. The van der Waals surface area contributed by atoms with E-state index in [0.29, 0.717) is 0 Å². The molecule has 1 N–H and O–H groups in total. The van der Waals surface area contributed by atoms with Crippen LogP contribution in [0.1, 0.15) is 73.1 Å². The summed E-state index contributed by atoms with van der Waals surface area (Å²) in [6, 6.07) is 0.726. The summed E-state index contributed by atoms with van der Waals surface area (Å²) in [5.74, 6) is 0.753. The zero-order valence-electron chi connectivity index (χ0n) is 14.0. The van der Waals surface area contributed by atoms with Crippen LogP contribution < -0.4 is 5.32 Å². The second-order valence-corrected chi connectivity index (χ2v) is 7.31. The van der Waals surface area contributed by atoms with Gasteiger partial charge in [-0.05, 0) is 32.7 Å². The van der Waals surface area contributed by atoms with Crippen LogP contribution >= 0.6 is 0 Å². The summed E-state index contributed by atoms with van der Waals surface area (Å²) in [7, 11) is 0. The summed E-state index contributed by atoms with van der Waals surface area (Å²) in [6.45, 7) is 15.3. The van der Waals surface area contributed by atoms with E-state index in [-0.39, 0.29) is 5.54 Å². The van der Waals surface area contributed by atoms with Crippen LogP contribution in [0.2, 0.25) is 0 Å². The fourth-order valence-electron chi connectivity index (χ4n) is 3.19. The second-order valence-electron chi connectivity index (χ2n) is 7.31. The number of nitrogens with one attached hydrogen (secondary N) is 1. The first-order valence-electron chi connectivity index (χ1n) is 8.45. The van der Waals surface area contributed by atoms with Gasteiger partial charge in [0.1, 0.15) is 0 Å². The molecule has 1 saturated heterocycles. The van der Waals surface area contributed by atoms with E-state index < -0.39 is 0 Å². The molecule has 1 unspecified atom stereocenters. The quantitative estimate of drug-likeness (QED) is 0.668. The molecule has 0 aromatic carbocycles. The first-order valence-corrected chi connectivity index (χ1v) is 8.45. The van der Waals surface area contributed by atoms with Gasteiger partial charge in [0.25, 0.3) is 0 Å². The Kier molecular flexibility index (Phi) is 7.38. The Morgan fingerprint density at radius 1 is 1.11 bits per heavy atom. The van der Waals surface area contributed by atoms with Crippen molar-refractivity contribution in [3.05, 3.63) is 0 Å². The van der Waals surface area contributed by atoms with Crippen molar-refractivity contribution < 1.29 is 0 Å². The maximum atomic E-state index is 3.70. The molecule has 0 radical (unpaired) electrons. The van der Waals surface area contributed by atoms with E-state index >= 15 is 0 Å². The lowest BCUT2D eigenvalue weighted by Gasteiger charge is -2.46. The van der Waals surface area contributed by atoms with E-state index in [4.69, 9.17) is 0 Å². The van der Waals surface area contributed by atoms with E-state index in [2.05, 4.69) is 44.8 Å². The van der Waals surface area contributed by atoms with Crippen LogP contribution in [0.4, 0.5) is 0 Å². The first kappa shape index (κ1) is 17.0. The molecule has 0 aromatic heterocycles. The highest BCUT2D eigenvalue weighted by molar-refractivity contribution is 4.93. The zero-order valence-corrected chi connectivity index (χ0v) is 14.0. The molecule has 2 nitrogen and oxygen atoms in total. The van der Waals surface area contributed by atoms with Crippen molar-refractivity contribution in [1.29, 1.82) is 0 Å². The third-order valence-electron chi connectivity index (χ3n) is 4.43. The Hall–Kier alpha value is -0.0800. The Bertz CT molecular complexity index is 235. The fourth-order valence-corrected chi connectivity index (χ4v) is 3.19. The van der Waals surface area contributed by atoms with Gasteiger partial charge in [-0.2, -0.15) is 0 Å². The third-order valence-corrected chi connectivity index (χ3v) is 4.43. The monoisotopic (exact) mass is 268 g/mol. The van der Waals surface area contributed by atoms with Gasteiger partial charge < -0.3 is 5.32 Å². The molecular formula is C17H36N2. The van der Waals surface area contributed by atoms with E-state index in [0.717, 1.165) is 18.5 Å². The lowest BCUT2D eigenvalue weighted by molar-refractivity contribution is 0.0678. The summed E-state index contributed by atoms with van der Waals surface area (Å²) in [4.78, 5) is 2.74. The number of hydrogen-bond acceptors (Lipinski definition) is 2. The molecule has 0 aliphatic carbocycles. The molecule has 1 heterocycles. The first-order chi connectivity index (χ1) is 8.96. The minimum absolute atomic E-state index is 0.285. The summed E-state index contributed by atoms with van der Waals surface area (Å²) in [5.41, 5.74) is 0.285. The van der Waals surface area contributed by atoms with Crippen molar-refractivity contribution in [2.45, 2.75) is 84.7 Å². The van der Waals surface area contributed by atoms with Gasteiger partial charge in [-0.25, -0.2) is 0 Å². The average Bonchev–Trinajstić information content (AvgIpc) is 2.32. The molecule has 1 atom stereocenters. The molecule has 1 aliphatic rings. The van der Waals surface area contributed by atoms with Gasteiger partial charge in [-0.15, -0.1) is 0 Å². The number of unbranched alkanes of at least 4 members (excludes halogenated alkanes) is 5. The van der Waals surface area contributed by atoms with E-state index in [1.165, 1.54) is 51.6 Å². The Labute approximate surface area is 121 Å². The Balaban J connectivity index is 2.30. The molecule has 0 amide bonds. The third kappa shape index (κ3) is 6.27. The van der Waals surface area contributed by atoms with Crippen LogP contribution in [0, 0.1) is 5.92 Å². The van der Waals surface area contributed by atoms with Crippen molar-refractivity contribution in [2.24, 2.45) is 5.92 Å². The minimum atomic E-state index is 0.285. The summed E-state index contributed by atoms with van der Waals surface area (Å²) in [6.07, 6.45) is 8.40. The average molecular weight is 268 g/mol. The number of nitrogens with zero attached hydrogens (tertiary/aromatic N) is 1. The van der Waals surface area contributed by atoms with Crippen LogP contribution in [0.3, 0.4) is 0 Å². The topological polar surface area (TPSA) is 15.3 Å². The molecule has 2 heteroatoms. The van der Waals surface area contributed by atoms with Gasteiger partial charge in [0.15, 0.2) is 0 Å². The number of hydrogen-bond donors (Lipinski definition) is 1. The van der Waals surface area contributed by atoms with Crippen LogP contribution in [0.15, 0.2) is 0 Å². The molecule has 1 fully saturated rings. The minimum Gasteiger partial charge on any atom is -0.309 e. The Morgan fingerprint density at radius 2 is 1.74 bits per heavy atom. The largest absolute Gasteiger partial charge is 0.309 e. The van der Waals surface area contributed by atoms with Gasteiger partial charge >= 0.3 is 0 Å². The second kappa shape index (κ2) is 8.26. The predicted molar refractivity (Wildman–Crippen MR) is 85.7 cm³/mol. The van der Waals surface area contributed by atoms with E-state index in [1.807, 2.05) is 0 Å². The van der Waals surface area contributed by atoms with Gasteiger partial charge in [0.05, 0.1) is 0 Å². The van der Waals surface area contributed by atoms with Crippen molar-refractivity contribution in [3.63, 3.8) is 0 Å². The van der Waals surface area contributed by atoms with Crippen molar-refractivity contribution >= 4 is 0 Å². The highest BCUT2D eigenvalue weighted by Gasteiger charge is 2.33. The van der Waals surface area contributed by atoms with Crippen LogP contribution in [-0.2, 0) is 0 Å². The Morgan fingerprint density at radius 3 is 2.37 bits per heavy atom. The van der Waals surface area contributed by atoms with Crippen LogP contribution in [0.25, 0.3) is 0 Å². The lowest BCUT2D eigenvalue weighted by Crippen LogP contribution is -2.62. The number of rotatable bonds is 8. The molecule has 0 aromatic rings. The highest BCUT2D eigenvalue weighted by Crippen LogP contribution is 2.21.